The number of phenols is 1. The number of fused-ring (bicyclic) bond motifs is 1. The van der Waals surface area contributed by atoms with E-state index in [1.807, 2.05) is 0 Å². The topological polar surface area (TPSA) is 145 Å². The van der Waals surface area contributed by atoms with Gasteiger partial charge < -0.3 is 15.3 Å². The third-order valence-corrected chi connectivity index (χ3v) is 3.28. The van der Waals surface area contributed by atoms with E-state index in [0.29, 0.717) is 5.82 Å². The number of carboxylic acids is 2. The van der Waals surface area contributed by atoms with Crippen LogP contribution in [0.3, 0.4) is 0 Å². The average Bonchev–Trinajstić information content (AvgIpc) is 2.61. The van der Waals surface area contributed by atoms with E-state index in [2.05, 4.69) is 20.2 Å². The van der Waals surface area contributed by atoms with Gasteiger partial charge in [0, 0.05) is 11.6 Å². The van der Waals surface area contributed by atoms with Crippen LogP contribution < -0.4 is 0 Å². The van der Waals surface area contributed by atoms with E-state index in [4.69, 9.17) is 5.11 Å². The minimum atomic E-state index is -1.50. The first-order chi connectivity index (χ1) is 12.0. The van der Waals surface area contributed by atoms with Gasteiger partial charge in [-0.15, -0.1) is 10.2 Å². The third-order valence-electron chi connectivity index (χ3n) is 3.28. The second-order valence-corrected chi connectivity index (χ2v) is 4.88. The number of aromatic carboxylic acids is 2. The minimum absolute atomic E-state index is 0.0158. The highest BCUT2D eigenvalue weighted by Gasteiger charge is 2.21. The molecule has 0 unspecified atom stereocenters. The van der Waals surface area contributed by atoms with Crippen LogP contribution in [0.4, 0.5) is 11.5 Å². The van der Waals surface area contributed by atoms with Crippen molar-refractivity contribution in [2.45, 2.75) is 0 Å². The molecular weight excluding hydrogens is 328 g/mol. The number of aromatic nitrogens is 2. The van der Waals surface area contributed by atoms with Crippen molar-refractivity contribution in [2.75, 3.05) is 0 Å². The predicted octanol–water partition coefficient (Wildman–Crippen LogP) is 3.15. The number of rotatable bonds is 4. The highest BCUT2D eigenvalue weighted by atomic mass is 16.4. The first-order valence-electron chi connectivity index (χ1n) is 6.93. The SMILES string of the molecule is O=C(O)c1cc2c(O)ccc(N=Nc3ccccn3)c2nc1C(=O)O. The van der Waals surface area contributed by atoms with Crippen molar-refractivity contribution < 1.29 is 24.9 Å². The third kappa shape index (κ3) is 3.11. The molecule has 3 N–H and O–H groups in total. The second-order valence-electron chi connectivity index (χ2n) is 4.88. The number of carbonyl (C=O) groups is 2. The molecule has 3 rings (SSSR count). The van der Waals surface area contributed by atoms with Crippen LogP contribution in [0, 0.1) is 0 Å². The van der Waals surface area contributed by atoms with Crippen LogP contribution in [0.25, 0.3) is 10.9 Å². The molecular formula is C16H10N4O5. The van der Waals surface area contributed by atoms with Crippen molar-refractivity contribution in [2.24, 2.45) is 10.2 Å². The van der Waals surface area contributed by atoms with Gasteiger partial charge >= 0.3 is 11.9 Å². The maximum absolute atomic E-state index is 11.3. The molecule has 0 saturated carbocycles. The van der Waals surface area contributed by atoms with E-state index in [9.17, 15) is 19.8 Å². The molecule has 3 aromatic rings. The second kappa shape index (κ2) is 6.32. The van der Waals surface area contributed by atoms with Crippen LogP contribution >= 0.6 is 0 Å². The molecule has 0 aliphatic rings. The standard InChI is InChI=1S/C16H10N4O5/c21-11-5-4-10(19-20-12-3-1-2-6-17-12)13-8(11)7-9(15(22)23)14(18-13)16(24)25/h1-7,21H,(H,22,23)(H,24,25). The fourth-order valence-electron chi connectivity index (χ4n) is 2.16. The maximum Gasteiger partial charge on any atom is 0.355 e. The summed E-state index contributed by atoms with van der Waals surface area (Å²) < 4.78 is 0. The molecule has 9 nitrogen and oxygen atoms in total. The number of azo groups is 1. The largest absolute Gasteiger partial charge is 0.507 e. The number of phenolic OH excluding ortho intramolecular Hbond substituents is 1. The Hall–Kier alpha value is -3.88. The normalized spacial score (nSPS) is 11.0. The lowest BCUT2D eigenvalue weighted by atomic mass is 10.1. The minimum Gasteiger partial charge on any atom is -0.507 e. The predicted molar refractivity (Wildman–Crippen MR) is 85.7 cm³/mol. The van der Waals surface area contributed by atoms with Crippen molar-refractivity contribution in [1.82, 2.24) is 9.97 Å². The molecule has 0 amide bonds. The molecule has 1 aromatic carbocycles. The van der Waals surface area contributed by atoms with Crippen LogP contribution in [0.15, 0.2) is 52.8 Å². The monoisotopic (exact) mass is 338 g/mol. The van der Waals surface area contributed by atoms with Gasteiger partial charge in [-0.1, -0.05) is 6.07 Å². The number of carboxylic acid groups (broad SMARTS) is 2. The summed E-state index contributed by atoms with van der Waals surface area (Å²) in [5.74, 6) is -2.90. The lowest BCUT2D eigenvalue weighted by Crippen LogP contribution is -2.10. The van der Waals surface area contributed by atoms with E-state index >= 15 is 0 Å². The van der Waals surface area contributed by atoms with Gasteiger partial charge in [-0.2, -0.15) is 0 Å². The Morgan fingerprint density at radius 1 is 1.00 bits per heavy atom. The number of nitrogens with zero attached hydrogens (tertiary/aromatic N) is 4. The summed E-state index contributed by atoms with van der Waals surface area (Å²) in [7, 11) is 0. The Morgan fingerprint density at radius 2 is 1.80 bits per heavy atom. The van der Waals surface area contributed by atoms with Gasteiger partial charge in [-0.25, -0.2) is 19.6 Å². The van der Waals surface area contributed by atoms with Crippen molar-refractivity contribution in [3.8, 4) is 5.75 Å². The summed E-state index contributed by atoms with van der Waals surface area (Å²) >= 11 is 0. The molecule has 0 aliphatic heterocycles. The zero-order valence-electron chi connectivity index (χ0n) is 12.5. The quantitative estimate of drug-likeness (QED) is 0.619. The molecule has 0 fully saturated rings. The summed E-state index contributed by atoms with van der Waals surface area (Å²) in [5.41, 5.74) is -1.01. The van der Waals surface area contributed by atoms with Crippen molar-refractivity contribution >= 4 is 34.3 Å². The number of pyridine rings is 2. The van der Waals surface area contributed by atoms with Gasteiger partial charge in [0.25, 0.3) is 0 Å². The van der Waals surface area contributed by atoms with Crippen LogP contribution in [0.1, 0.15) is 20.8 Å². The smallest absolute Gasteiger partial charge is 0.355 e. The summed E-state index contributed by atoms with van der Waals surface area (Å²) in [5, 5.41) is 36.2. The molecule has 2 aromatic heterocycles. The molecule has 2 heterocycles. The summed E-state index contributed by atoms with van der Waals surface area (Å²) in [6.45, 7) is 0. The van der Waals surface area contributed by atoms with Crippen molar-refractivity contribution in [3.05, 3.63) is 53.9 Å². The van der Waals surface area contributed by atoms with Gasteiger partial charge in [0.05, 0.1) is 5.56 Å². The Kier molecular flexibility index (Phi) is 4.04. The van der Waals surface area contributed by atoms with E-state index in [1.54, 1.807) is 18.2 Å². The van der Waals surface area contributed by atoms with Crippen molar-refractivity contribution in [1.29, 1.82) is 0 Å². The number of hydrogen-bond donors (Lipinski definition) is 3. The zero-order chi connectivity index (χ0) is 18.0. The number of aromatic hydroxyl groups is 1. The molecule has 0 saturated heterocycles. The van der Waals surface area contributed by atoms with Crippen molar-refractivity contribution in [3.63, 3.8) is 0 Å². The van der Waals surface area contributed by atoms with E-state index < -0.39 is 23.2 Å². The average molecular weight is 338 g/mol. The Balaban J connectivity index is 2.22. The molecule has 0 bridgehead atoms. The zero-order valence-corrected chi connectivity index (χ0v) is 12.5. The van der Waals surface area contributed by atoms with E-state index in [0.717, 1.165) is 6.07 Å². The van der Waals surface area contributed by atoms with Gasteiger partial charge in [-0.05, 0) is 30.3 Å². The van der Waals surface area contributed by atoms with Gasteiger partial charge in [0.15, 0.2) is 11.5 Å². The van der Waals surface area contributed by atoms with E-state index in [1.165, 1.54) is 18.3 Å². The summed E-state index contributed by atoms with van der Waals surface area (Å²) in [6.07, 6.45) is 1.53. The lowest BCUT2D eigenvalue weighted by Gasteiger charge is -2.07. The van der Waals surface area contributed by atoms with Gasteiger partial charge in [0.1, 0.15) is 17.0 Å². The van der Waals surface area contributed by atoms with Crippen LogP contribution in [-0.4, -0.2) is 37.2 Å². The first-order valence-corrected chi connectivity index (χ1v) is 6.93. The molecule has 124 valence electrons. The lowest BCUT2D eigenvalue weighted by molar-refractivity contribution is 0.0647. The fourth-order valence-corrected chi connectivity index (χ4v) is 2.16. The molecule has 9 heteroatoms. The van der Waals surface area contributed by atoms with Crippen LogP contribution in [0.2, 0.25) is 0 Å². The Labute approximate surface area is 139 Å². The molecule has 0 radical (unpaired) electrons. The molecule has 25 heavy (non-hydrogen) atoms. The Bertz CT molecular complexity index is 1020. The summed E-state index contributed by atoms with van der Waals surface area (Å²) in [6, 6.07) is 8.78. The highest BCUT2D eigenvalue weighted by Crippen LogP contribution is 2.33. The summed E-state index contributed by atoms with van der Waals surface area (Å²) in [4.78, 5) is 30.4. The number of hydrogen-bond acceptors (Lipinski definition) is 7. The van der Waals surface area contributed by atoms with Gasteiger partial charge in [-0.3, -0.25) is 0 Å². The molecule has 0 aliphatic carbocycles. The number of benzene rings is 1. The molecule has 0 spiro atoms. The van der Waals surface area contributed by atoms with E-state index in [-0.39, 0.29) is 22.3 Å². The maximum atomic E-state index is 11.3. The van der Waals surface area contributed by atoms with Crippen LogP contribution in [-0.2, 0) is 0 Å². The molecule has 0 atom stereocenters. The van der Waals surface area contributed by atoms with Crippen LogP contribution in [0.5, 0.6) is 5.75 Å². The first kappa shape index (κ1) is 16.0. The fraction of sp³-hybridized carbons (Fsp3) is 0. The van der Waals surface area contributed by atoms with Gasteiger partial charge in [0.2, 0.25) is 0 Å². The highest BCUT2D eigenvalue weighted by molar-refractivity contribution is 6.06. The Morgan fingerprint density at radius 3 is 2.44 bits per heavy atom.